The van der Waals surface area contributed by atoms with Crippen molar-refractivity contribution in [1.29, 1.82) is 0 Å². The van der Waals surface area contributed by atoms with Crippen molar-refractivity contribution in [3.05, 3.63) is 83.4 Å². The minimum atomic E-state index is -3.83. The SMILES string of the molecule is COc1ccc(C)cc1S(=O)(=O)Nc1ccc2c(c1)CCC(=O)N2Cc1ccccc1. The van der Waals surface area contributed by atoms with Crippen molar-refractivity contribution in [2.24, 2.45) is 0 Å². The zero-order valence-corrected chi connectivity index (χ0v) is 18.3. The maximum Gasteiger partial charge on any atom is 0.265 e. The van der Waals surface area contributed by atoms with Crippen LogP contribution in [0.3, 0.4) is 0 Å². The van der Waals surface area contributed by atoms with E-state index in [0.29, 0.717) is 25.1 Å². The van der Waals surface area contributed by atoms with Crippen molar-refractivity contribution < 1.29 is 17.9 Å². The molecule has 0 saturated carbocycles. The van der Waals surface area contributed by atoms with E-state index in [4.69, 9.17) is 4.74 Å². The quantitative estimate of drug-likeness (QED) is 0.626. The van der Waals surface area contributed by atoms with Gasteiger partial charge in [0.2, 0.25) is 5.91 Å². The summed E-state index contributed by atoms with van der Waals surface area (Å²) < 4.78 is 33.9. The van der Waals surface area contributed by atoms with Crippen LogP contribution >= 0.6 is 0 Å². The lowest BCUT2D eigenvalue weighted by atomic mass is 10.00. The molecular formula is C24H24N2O4S. The standard InChI is InChI=1S/C24H24N2O4S/c1-17-8-12-22(30-2)23(14-17)31(28,29)25-20-10-11-21-19(15-20)9-13-24(27)26(21)16-18-6-4-3-5-7-18/h3-8,10-12,14-15,25H,9,13,16H2,1-2H3. The summed E-state index contributed by atoms with van der Waals surface area (Å²) in [5.74, 6) is 0.352. The number of sulfonamides is 1. The van der Waals surface area contributed by atoms with E-state index in [1.165, 1.54) is 7.11 Å². The minimum absolute atomic E-state index is 0.0641. The van der Waals surface area contributed by atoms with Crippen LogP contribution in [0.5, 0.6) is 5.75 Å². The number of methoxy groups -OCH3 is 1. The Hall–Kier alpha value is -3.32. The van der Waals surface area contributed by atoms with Crippen LogP contribution in [0.4, 0.5) is 11.4 Å². The third-order valence-electron chi connectivity index (χ3n) is 5.32. The van der Waals surface area contributed by atoms with Gasteiger partial charge in [0, 0.05) is 17.8 Å². The van der Waals surface area contributed by atoms with Crippen LogP contribution in [0.15, 0.2) is 71.6 Å². The largest absolute Gasteiger partial charge is 0.495 e. The average Bonchev–Trinajstić information content (AvgIpc) is 2.76. The first-order valence-electron chi connectivity index (χ1n) is 10.0. The highest BCUT2D eigenvalue weighted by molar-refractivity contribution is 7.92. The number of hydrogen-bond acceptors (Lipinski definition) is 4. The van der Waals surface area contributed by atoms with Crippen LogP contribution in [0.25, 0.3) is 0 Å². The zero-order chi connectivity index (χ0) is 22.0. The number of fused-ring (bicyclic) bond motifs is 1. The third-order valence-corrected chi connectivity index (χ3v) is 6.73. The molecule has 3 aromatic rings. The van der Waals surface area contributed by atoms with Crippen molar-refractivity contribution in [1.82, 2.24) is 0 Å². The number of nitrogens with one attached hydrogen (secondary N) is 1. The Labute approximate surface area is 182 Å². The summed E-state index contributed by atoms with van der Waals surface area (Å²) in [5.41, 5.74) is 4.07. The fourth-order valence-electron chi connectivity index (χ4n) is 3.77. The number of carbonyl (C=O) groups is 1. The molecule has 4 rings (SSSR count). The lowest BCUT2D eigenvalue weighted by Crippen LogP contribution is -2.34. The number of anilines is 2. The summed E-state index contributed by atoms with van der Waals surface area (Å²) in [7, 11) is -2.39. The predicted octanol–water partition coefficient (Wildman–Crippen LogP) is 4.28. The summed E-state index contributed by atoms with van der Waals surface area (Å²) in [5, 5.41) is 0. The van der Waals surface area contributed by atoms with E-state index < -0.39 is 10.0 Å². The van der Waals surface area contributed by atoms with Gasteiger partial charge in [0.15, 0.2) is 0 Å². The number of aryl methyl sites for hydroxylation is 2. The fourth-order valence-corrected chi connectivity index (χ4v) is 5.07. The van der Waals surface area contributed by atoms with Gasteiger partial charge >= 0.3 is 0 Å². The number of amides is 1. The van der Waals surface area contributed by atoms with Gasteiger partial charge in [-0.3, -0.25) is 9.52 Å². The van der Waals surface area contributed by atoms with Crippen LogP contribution in [-0.2, 0) is 27.8 Å². The van der Waals surface area contributed by atoms with E-state index in [0.717, 1.165) is 22.4 Å². The van der Waals surface area contributed by atoms with Crippen molar-refractivity contribution in [2.45, 2.75) is 31.2 Å². The van der Waals surface area contributed by atoms with Crippen molar-refractivity contribution >= 4 is 27.3 Å². The number of carbonyl (C=O) groups excluding carboxylic acids is 1. The number of nitrogens with zero attached hydrogens (tertiary/aromatic N) is 1. The second kappa shape index (κ2) is 8.43. The molecule has 0 aliphatic carbocycles. The summed E-state index contributed by atoms with van der Waals surface area (Å²) in [6.07, 6.45) is 0.963. The summed E-state index contributed by atoms with van der Waals surface area (Å²) in [6.45, 7) is 2.31. The molecule has 0 bridgehead atoms. The Balaban J connectivity index is 1.63. The Morgan fingerprint density at radius 1 is 1.00 bits per heavy atom. The molecule has 1 amide bonds. The van der Waals surface area contributed by atoms with E-state index in [1.54, 1.807) is 41.3 Å². The van der Waals surface area contributed by atoms with Crippen LogP contribution in [-0.4, -0.2) is 21.4 Å². The van der Waals surface area contributed by atoms with Gasteiger partial charge in [0.1, 0.15) is 10.6 Å². The van der Waals surface area contributed by atoms with E-state index in [2.05, 4.69) is 4.72 Å². The molecule has 31 heavy (non-hydrogen) atoms. The van der Waals surface area contributed by atoms with Crippen LogP contribution in [0, 0.1) is 6.92 Å². The lowest BCUT2D eigenvalue weighted by molar-refractivity contribution is -0.119. The first-order valence-corrected chi connectivity index (χ1v) is 11.5. The second-order valence-corrected chi connectivity index (χ2v) is 9.22. The summed E-state index contributed by atoms with van der Waals surface area (Å²) >= 11 is 0. The first kappa shape index (κ1) is 20.9. The number of benzene rings is 3. The Bertz CT molecular complexity index is 1220. The molecule has 0 atom stereocenters. The number of hydrogen-bond donors (Lipinski definition) is 1. The average molecular weight is 437 g/mol. The molecule has 0 aromatic heterocycles. The monoisotopic (exact) mass is 436 g/mol. The normalized spacial score (nSPS) is 13.6. The van der Waals surface area contributed by atoms with Gasteiger partial charge in [-0.2, -0.15) is 0 Å². The van der Waals surface area contributed by atoms with E-state index in [9.17, 15) is 13.2 Å². The maximum absolute atomic E-state index is 13.0. The van der Waals surface area contributed by atoms with Crippen molar-refractivity contribution in [3.63, 3.8) is 0 Å². The molecule has 0 spiro atoms. The molecule has 1 aliphatic rings. The van der Waals surface area contributed by atoms with E-state index in [1.807, 2.05) is 37.3 Å². The first-order chi connectivity index (χ1) is 14.9. The highest BCUT2D eigenvalue weighted by Gasteiger charge is 2.26. The highest BCUT2D eigenvalue weighted by Crippen LogP contribution is 2.33. The maximum atomic E-state index is 13.0. The molecule has 6 nitrogen and oxygen atoms in total. The molecular weight excluding hydrogens is 412 g/mol. The summed E-state index contributed by atoms with van der Waals surface area (Å²) in [4.78, 5) is 14.4. The van der Waals surface area contributed by atoms with Gasteiger partial charge in [-0.25, -0.2) is 8.42 Å². The number of rotatable bonds is 6. The molecule has 0 fully saturated rings. The third kappa shape index (κ3) is 4.41. The summed E-state index contributed by atoms with van der Waals surface area (Å²) in [6, 6.07) is 20.1. The van der Waals surface area contributed by atoms with Crippen molar-refractivity contribution in [2.75, 3.05) is 16.7 Å². The van der Waals surface area contributed by atoms with Gasteiger partial charge in [-0.05, 0) is 60.4 Å². The van der Waals surface area contributed by atoms with Crippen LogP contribution in [0.1, 0.15) is 23.1 Å². The Kier molecular flexibility index (Phi) is 5.69. The van der Waals surface area contributed by atoms with Gasteiger partial charge in [-0.1, -0.05) is 36.4 Å². The molecule has 0 saturated heterocycles. The molecule has 3 aromatic carbocycles. The van der Waals surface area contributed by atoms with Gasteiger partial charge in [0.05, 0.1) is 13.7 Å². The Morgan fingerprint density at radius 3 is 2.52 bits per heavy atom. The lowest BCUT2D eigenvalue weighted by Gasteiger charge is -2.30. The Morgan fingerprint density at radius 2 is 1.77 bits per heavy atom. The molecule has 0 radical (unpaired) electrons. The molecule has 160 valence electrons. The van der Waals surface area contributed by atoms with Gasteiger partial charge in [-0.15, -0.1) is 0 Å². The van der Waals surface area contributed by atoms with Crippen LogP contribution in [0.2, 0.25) is 0 Å². The smallest absolute Gasteiger partial charge is 0.265 e. The molecule has 1 N–H and O–H groups in total. The molecule has 1 heterocycles. The van der Waals surface area contributed by atoms with E-state index >= 15 is 0 Å². The number of ether oxygens (including phenoxy) is 1. The molecule has 0 unspecified atom stereocenters. The van der Waals surface area contributed by atoms with Gasteiger partial charge < -0.3 is 9.64 Å². The van der Waals surface area contributed by atoms with Crippen LogP contribution < -0.4 is 14.4 Å². The second-order valence-electron chi connectivity index (χ2n) is 7.57. The predicted molar refractivity (Wildman–Crippen MR) is 121 cm³/mol. The zero-order valence-electron chi connectivity index (χ0n) is 17.5. The highest BCUT2D eigenvalue weighted by atomic mass is 32.2. The van der Waals surface area contributed by atoms with Gasteiger partial charge in [0.25, 0.3) is 10.0 Å². The van der Waals surface area contributed by atoms with E-state index in [-0.39, 0.29) is 16.6 Å². The van der Waals surface area contributed by atoms with Crippen molar-refractivity contribution in [3.8, 4) is 5.75 Å². The minimum Gasteiger partial charge on any atom is -0.495 e. The molecule has 7 heteroatoms. The topological polar surface area (TPSA) is 75.7 Å². The fraction of sp³-hybridized carbons (Fsp3) is 0.208. The molecule has 1 aliphatic heterocycles.